The maximum absolute atomic E-state index is 13.3. The minimum atomic E-state index is -3.87. The van der Waals surface area contributed by atoms with Crippen molar-refractivity contribution in [3.8, 4) is 11.5 Å². The van der Waals surface area contributed by atoms with E-state index in [-0.39, 0.29) is 40.1 Å². The van der Waals surface area contributed by atoms with Crippen LogP contribution < -0.4 is 19.5 Å². The summed E-state index contributed by atoms with van der Waals surface area (Å²) in [6.45, 7) is 5.53. The molecule has 186 valence electrons. The van der Waals surface area contributed by atoms with E-state index < -0.39 is 10.0 Å². The average Bonchev–Trinajstić information content (AvgIpc) is 2.83. The molecule has 2 N–H and O–H groups in total. The van der Waals surface area contributed by atoms with Crippen LogP contribution in [-0.4, -0.2) is 72.3 Å². The van der Waals surface area contributed by atoms with Gasteiger partial charge in [-0.3, -0.25) is 9.52 Å². The molecule has 3 atom stereocenters. The van der Waals surface area contributed by atoms with Crippen molar-refractivity contribution in [1.82, 2.24) is 10.2 Å². The van der Waals surface area contributed by atoms with Crippen LogP contribution in [0, 0.1) is 5.92 Å². The monoisotopic (exact) mass is 491 g/mol. The lowest BCUT2D eigenvalue weighted by Crippen LogP contribution is -2.44. The Labute approximate surface area is 201 Å². The molecule has 1 aliphatic heterocycles. The van der Waals surface area contributed by atoms with E-state index in [0.717, 1.165) is 6.54 Å². The van der Waals surface area contributed by atoms with E-state index in [0.29, 0.717) is 24.7 Å². The van der Waals surface area contributed by atoms with E-state index in [1.165, 1.54) is 25.3 Å². The summed E-state index contributed by atoms with van der Waals surface area (Å²) in [6.07, 6.45) is -0.158. The summed E-state index contributed by atoms with van der Waals surface area (Å²) in [5.41, 5.74) is 0.530. The lowest BCUT2D eigenvalue weighted by Gasteiger charge is -2.30. The molecule has 0 unspecified atom stereocenters. The third kappa shape index (κ3) is 6.19. The molecule has 9 nitrogen and oxygen atoms in total. The van der Waals surface area contributed by atoms with E-state index in [4.69, 9.17) is 14.2 Å². The van der Waals surface area contributed by atoms with Crippen LogP contribution in [0.4, 0.5) is 5.69 Å². The van der Waals surface area contributed by atoms with Gasteiger partial charge in [-0.25, -0.2) is 8.42 Å². The molecule has 1 heterocycles. The quantitative estimate of drug-likeness (QED) is 0.662. The SMILES string of the molecule is COc1ccc(S(=O)(=O)Nc2ccc3c(c2)C(=O)N(C)C[C@H](OC)[C@H](C)CN[C@@H](C)CO3)cc1. The highest BCUT2D eigenvalue weighted by molar-refractivity contribution is 7.92. The van der Waals surface area contributed by atoms with Crippen molar-refractivity contribution in [1.29, 1.82) is 0 Å². The zero-order valence-corrected chi connectivity index (χ0v) is 21.0. The van der Waals surface area contributed by atoms with Crippen LogP contribution in [0.15, 0.2) is 47.4 Å². The van der Waals surface area contributed by atoms with Gasteiger partial charge in [0.25, 0.3) is 15.9 Å². The minimum Gasteiger partial charge on any atom is -0.497 e. The number of nitrogens with one attached hydrogen (secondary N) is 2. The molecule has 0 saturated carbocycles. The van der Waals surface area contributed by atoms with E-state index in [2.05, 4.69) is 17.0 Å². The molecule has 1 aliphatic rings. The Morgan fingerprint density at radius 2 is 1.82 bits per heavy atom. The fraction of sp³-hybridized carbons (Fsp3) is 0.458. The molecule has 0 bridgehead atoms. The topological polar surface area (TPSA) is 106 Å². The normalized spacial score (nSPS) is 22.1. The van der Waals surface area contributed by atoms with Crippen LogP contribution in [0.3, 0.4) is 0 Å². The van der Waals surface area contributed by atoms with Gasteiger partial charge in [-0.2, -0.15) is 0 Å². The number of amides is 1. The van der Waals surface area contributed by atoms with Crippen molar-refractivity contribution < 1.29 is 27.4 Å². The van der Waals surface area contributed by atoms with Gasteiger partial charge in [0.1, 0.15) is 18.1 Å². The molecule has 1 amide bonds. The molecule has 3 rings (SSSR count). The molecule has 0 aliphatic carbocycles. The minimum absolute atomic E-state index is 0.0494. The van der Waals surface area contributed by atoms with Gasteiger partial charge < -0.3 is 24.4 Å². The lowest BCUT2D eigenvalue weighted by molar-refractivity contribution is 0.0281. The lowest BCUT2D eigenvalue weighted by atomic mass is 10.0. The van der Waals surface area contributed by atoms with Gasteiger partial charge in [-0.1, -0.05) is 6.92 Å². The van der Waals surface area contributed by atoms with Gasteiger partial charge in [0, 0.05) is 39.0 Å². The first-order valence-corrected chi connectivity index (χ1v) is 12.6. The third-order valence-corrected chi connectivity index (χ3v) is 7.24. The van der Waals surface area contributed by atoms with Crippen LogP contribution in [0.1, 0.15) is 24.2 Å². The van der Waals surface area contributed by atoms with E-state index >= 15 is 0 Å². The number of ether oxygens (including phenoxy) is 3. The number of fused-ring (bicyclic) bond motifs is 1. The number of rotatable bonds is 5. The maximum Gasteiger partial charge on any atom is 0.261 e. The molecule has 0 aromatic heterocycles. The molecule has 2 aromatic carbocycles. The number of sulfonamides is 1. The van der Waals surface area contributed by atoms with E-state index in [1.54, 1.807) is 43.3 Å². The number of anilines is 1. The number of methoxy groups -OCH3 is 2. The molecule has 10 heteroatoms. The summed E-state index contributed by atoms with van der Waals surface area (Å²) < 4.78 is 45.0. The second-order valence-corrected chi connectivity index (χ2v) is 10.2. The predicted molar refractivity (Wildman–Crippen MR) is 130 cm³/mol. The van der Waals surface area contributed by atoms with E-state index in [1.807, 2.05) is 6.92 Å². The smallest absolute Gasteiger partial charge is 0.261 e. The number of carbonyl (C=O) groups excluding carboxylic acids is 1. The number of likely N-dealkylation sites (N-methyl/N-ethyl adjacent to an activating group) is 1. The summed E-state index contributed by atoms with van der Waals surface area (Å²) in [4.78, 5) is 15.0. The molecule has 2 aromatic rings. The Morgan fingerprint density at radius 3 is 2.47 bits per heavy atom. The van der Waals surface area contributed by atoms with Crippen molar-refractivity contribution in [3.63, 3.8) is 0 Å². The highest BCUT2D eigenvalue weighted by Crippen LogP contribution is 2.27. The maximum atomic E-state index is 13.3. The second-order valence-electron chi connectivity index (χ2n) is 8.55. The van der Waals surface area contributed by atoms with Crippen molar-refractivity contribution in [2.24, 2.45) is 5.92 Å². The zero-order chi connectivity index (χ0) is 24.9. The summed E-state index contributed by atoms with van der Waals surface area (Å²) >= 11 is 0. The van der Waals surface area contributed by atoms with Crippen molar-refractivity contribution >= 4 is 21.6 Å². The highest BCUT2D eigenvalue weighted by Gasteiger charge is 2.26. The molecule has 0 spiro atoms. The first-order valence-electron chi connectivity index (χ1n) is 11.1. The number of hydrogen-bond donors (Lipinski definition) is 2. The molecular weight excluding hydrogens is 458 g/mol. The summed E-state index contributed by atoms with van der Waals surface area (Å²) in [7, 11) is 0.976. The van der Waals surface area contributed by atoms with Crippen LogP contribution in [-0.2, 0) is 14.8 Å². The average molecular weight is 492 g/mol. The fourth-order valence-electron chi connectivity index (χ4n) is 3.69. The summed E-state index contributed by atoms with van der Waals surface area (Å²) in [5.74, 6) is 0.831. The Bertz CT molecular complexity index is 1090. The predicted octanol–water partition coefficient (Wildman–Crippen LogP) is 2.59. The fourth-order valence-corrected chi connectivity index (χ4v) is 4.74. The van der Waals surface area contributed by atoms with E-state index in [9.17, 15) is 13.2 Å². The zero-order valence-electron chi connectivity index (χ0n) is 20.2. The van der Waals surface area contributed by atoms with Crippen LogP contribution in [0.2, 0.25) is 0 Å². The third-order valence-electron chi connectivity index (χ3n) is 5.85. The second kappa shape index (κ2) is 11.1. The van der Waals surface area contributed by atoms with Crippen LogP contribution in [0.5, 0.6) is 11.5 Å². The Kier molecular flexibility index (Phi) is 8.40. The van der Waals surface area contributed by atoms with Gasteiger partial charge in [0.2, 0.25) is 0 Å². The number of hydrogen-bond acceptors (Lipinski definition) is 7. The number of nitrogens with zero attached hydrogens (tertiary/aromatic N) is 1. The first kappa shape index (κ1) is 25.8. The van der Waals surface area contributed by atoms with Crippen LogP contribution >= 0.6 is 0 Å². The molecular formula is C24H33N3O6S. The van der Waals surface area contributed by atoms with Crippen molar-refractivity contribution in [3.05, 3.63) is 48.0 Å². The summed E-state index contributed by atoms with van der Waals surface area (Å²) in [6, 6.07) is 10.8. The van der Waals surface area contributed by atoms with Crippen molar-refractivity contribution in [2.75, 3.05) is 45.7 Å². The van der Waals surface area contributed by atoms with Gasteiger partial charge in [0.05, 0.1) is 23.7 Å². The number of benzene rings is 2. The molecule has 34 heavy (non-hydrogen) atoms. The first-order chi connectivity index (χ1) is 16.1. The molecule has 0 saturated heterocycles. The highest BCUT2D eigenvalue weighted by atomic mass is 32.2. The van der Waals surface area contributed by atoms with Gasteiger partial charge in [-0.15, -0.1) is 0 Å². The Hall–Kier alpha value is -2.82. The van der Waals surface area contributed by atoms with Crippen LogP contribution in [0.25, 0.3) is 0 Å². The summed E-state index contributed by atoms with van der Waals surface area (Å²) in [5, 5.41) is 3.43. The largest absolute Gasteiger partial charge is 0.497 e. The van der Waals surface area contributed by atoms with Gasteiger partial charge in [0.15, 0.2) is 0 Å². The number of carbonyl (C=O) groups is 1. The van der Waals surface area contributed by atoms with Gasteiger partial charge in [-0.05, 0) is 55.3 Å². The standard InChI is InChI=1S/C24H33N3O6S/c1-16-13-25-17(2)15-33-22-11-6-18(12-21(22)24(28)27(3)14-23(16)32-5)26-34(29,30)20-9-7-19(31-4)8-10-20/h6-12,16-17,23,25-26H,13-15H2,1-5H3/t16-,17+,23+/m1/s1. The van der Waals surface area contributed by atoms with Gasteiger partial charge >= 0.3 is 0 Å². The molecule has 0 radical (unpaired) electrons. The van der Waals surface area contributed by atoms with Crippen molar-refractivity contribution in [2.45, 2.75) is 30.9 Å². The Balaban J connectivity index is 1.92. The Morgan fingerprint density at radius 1 is 1.12 bits per heavy atom. The molecule has 0 fully saturated rings.